The number of rotatable bonds is 2. The average molecular weight is 325 g/mol. The molecule has 7 nitrogen and oxygen atoms in total. The van der Waals surface area contributed by atoms with Crippen molar-refractivity contribution in [2.75, 3.05) is 6.61 Å². The van der Waals surface area contributed by atoms with Gasteiger partial charge in [0, 0.05) is 11.4 Å². The standard InChI is InChI=1S/C14H13ClN2O5/c1-2-21-14(20)22-9-4-7-3-8(15)5-10-11(7)17(6-9)13(19)12(18)16-10/h3,5,9H,2,4,6H2,1H3,(H,16,18). The zero-order valence-electron chi connectivity index (χ0n) is 11.7. The molecule has 0 spiro atoms. The SMILES string of the molecule is CCOC(=O)OC1Cc2cc(Cl)cc3[nH]c(=O)c(=O)n(c23)C1. The Balaban J connectivity index is 2.09. The number of carbonyl (C=O) groups is 1. The van der Waals surface area contributed by atoms with Crippen LogP contribution in [0.2, 0.25) is 5.02 Å². The van der Waals surface area contributed by atoms with Gasteiger partial charge in [-0.25, -0.2) is 4.79 Å². The predicted octanol–water partition coefficient (Wildman–Crippen LogP) is 1.44. The minimum atomic E-state index is -0.799. The second kappa shape index (κ2) is 5.49. The Kier molecular flexibility index (Phi) is 3.66. The van der Waals surface area contributed by atoms with Crippen LogP contribution in [-0.2, 0) is 22.4 Å². The highest BCUT2D eigenvalue weighted by Gasteiger charge is 2.26. The lowest BCUT2D eigenvalue weighted by molar-refractivity contribution is 0.0194. The molecule has 1 aromatic heterocycles. The maximum absolute atomic E-state index is 12.1. The van der Waals surface area contributed by atoms with E-state index in [0.29, 0.717) is 22.5 Å². The molecule has 1 aromatic carbocycles. The van der Waals surface area contributed by atoms with Crippen molar-refractivity contribution in [3.8, 4) is 0 Å². The van der Waals surface area contributed by atoms with E-state index in [1.54, 1.807) is 19.1 Å². The molecule has 0 saturated heterocycles. The van der Waals surface area contributed by atoms with Gasteiger partial charge < -0.3 is 14.5 Å². The van der Waals surface area contributed by atoms with Gasteiger partial charge in [-0.05, 0) is 24.6 Å². The number of nitrogens with one attached hydrogen (secondary N) is 1. The fourth-order valence-corrected chi connectivity index (χ4v) is 2.92. The summed E-state index contributed by atoms with van der Waals surface area (Å²) >= 11 is 6.03. The summed E-state index contributed by atoms with van der Waals surface area (Å²) in [7, 11) is 0. The topological polar surface area (TPSA) is 90.4 Å². The fourth-order valence-electron chi connectivity index (χ4n) is 2.68. The molecular formula is C14H13ClN2O5. The van der Waals surface area contributed by atoms with Crippen molar-refractivity contribution in [1.82, 2.24) is 9.55 Å². The molecule has 1 unspecified atom stereocenters. The minimum Gasteiger partial charge on any atom is -0.435 e. The zero-order valence-corrected chi connectivity index (χ0v) is 12.5. The van der Waals surface area contributed by atoms with E-state index < -0.39 is 23.4 Å². The number of benzene rings is 1. The van der Waals surface area contributed by atoms with E-state index in [0.717, 1.165) is 5.56 Å². The summed E-state index contributed by atoms with van der Waals surface area (Å²) in [5.41, 5.74) is 0.404. The molecule has 1 N–H and O–H groups in total. The molecule has 116 valence electrons. The van der Waals surface area contributed by atoms with E-state index in [2.05, 4.69) is 4.98 Å². The fraction of sp³-hybridized carbons (Fsp3) is 0.357. The Morgan fingerprint density at radius 2 is 2.23 bits per heavy atom. The Hall–Kier alpha value is -2.28. The monoisotopic (exact) mass is 324 g/mol. The molecule has 1 aliphatic rings. The molecule has 8 heteroatoms. The van der Waals surface area contributed by atoms with Crippen molar-refractivity contribution < 1.29 is 14.3 Å². The van der Waals surface area contributed by atoms with Gasteiger partial charge in [-0.15, -0.1) is 0 Å². The molecule has 1 atom stereocenters. The maximum atomic E-state index is 12.1. The third-order valence-electron chi connectivity index (χ3n) is 3.47. The summed E-state index contributed by atoms with van der Waals surface area (Å²) in [4.78, 5) is 37.8. The molecular weight excluding hydrogens is 312 g/mol. The number of nitrogens with zero attached hydrogens (tertiary/aromatic N) is 1. The van der Waals surface area contributed by atoms with E-state index in [4.69, 9.17) is 21.1 Å². The third kappa shape index (κ3) is 2.48. The number of ether oxygens (including phenoxy) is 2. The second-order valence-electron chi connectivity index (χ2n) is 4.96. The van der Waals surface area contributed by atoms with E-state index in [-0.39, 0.29) is 13.2 Å². The number of carbonyl (C=O) groups excluding carboxylic acids is 1. The Morgan fingerprint density at radius 1 is 1.45 bits per heavy atom. The first-order valence-corrected chi connectivity index (χ1v) is 7.16. The molecule has 0 saturated carbocycles. The number of aromatic nitrogens is 2. The van der Waals surface area contributed by atoms with Gasteiger partial charge in [-0.2, -0.15) is 0 Å². The molecule has 0 radical (unpaired) electrons. The van der Waals surface area contributed by atoms with Gasteiger partial charge in [-0.3, -0.25) is 14.2 Å². The van der Waals surface area contributed by atoms with Crippen LogP contribution in [0.3, 0.4) is 0 Å². The normalized spacial score (nSPS) is 16.5. The largest absolute Gasteiger partial charge is 0.508 e. The van der Waals surface area contributed by atoms with Crippen molar-refractivity contribution in [2.24, 2.45) is 0 Å². The van der Waals surface area contributed by atoms with Crippen molar-refractivity contribution in [1.29, 1.82) is 0 Å². The molecule has 3 rings (SSSR count). The Morgan fingerprint density at radius 3 is 2.95 bits per heavy atom. The Bertz CT molecular complexity index is 870. The summed E-state index contributed by atoms with van der Waals surface area (Å²) in [6, 6.07) is 3.28. The molecule has 0 bridgehead atoms. The molecule has 2 heterocycles. The van der Waals surface area contributed by atoms with Gasteiger partial charge in [-0.1, -0.05) is 11.6 Å². The van der Waals surface area contributed by atoms with Crippen molar-refractivity contribution >= 4 is 28.8 Å². The highest BCUT2D eigenvalue weighted by Crippen LogP contribution is 2.26. The van der Waals surface area contributed by atoms with Crippen molar-refractivity contribution in [3.05, 3.63) is 43.4 Å². The van der Waals surface area contributed by atoms with Crippen molar-refractivity contribution in [2.45, 2.75) is 26.0 Å². The van der Waals surface area contributed by atoms with Crippen molar-refractivity contribution in [3.63, 3.8) is 0 Å². The zero-order chi connectivity index (χ0) is 15.9. The number of aromatic amines is 1. The first-order valence-electron chi connectivity index (χ1n) is 6.78. The van der Waals surface area contributed by atoms with Crippen LogP contribution in [0.1, 0.15) is 12.5 Å². The first kappa shape index (κ1) is 14.6. The number of hydrogen-bond acceptors (Lipinski definition) is 5. The van der Waals surface area contributed by atoms with Crippen LogP contribution >= 0.6 is 11.6 Å². The first-order chi connectivity index (χ1) is 10.5. The van der Waals surface area contributed by atoms with Crippen LogP contribution in [0.15, 0.2) is 21.7 Å². The smallest absolute Gasteiger partial charge is 0.435 e. The third-order valence-corrected chi connectivity index (χ3v) is 3.69. The summed E-state index contributed by atoms with van der Waals surface area (Å²) in [6.45, 7) is 1.97. The number of halogens is 1. The highest BCUT2D eigenvalue weighted by atomic mass is 35.5. The lowest BCUT2D eigenvalue weighted by Crippen LogP contribution is -2.42. The highest BCUT2D eigenvalue weighted by molar-refractivity contribution is 6.31. The molecule has 1 aliphatic heterocycles. The van der Waals surface area contributed by atoms with E-state index in [1.807, 2.05) is 0 Å². The summed E-state index contributed by atoms with van der Waals surface area (Å²) < 4.78 is 11.2. The van der Waals surface area contributed by atoms with Crippen LogP contribution in [0.4, 0.5) is 4.79 Å². The summed E-state index contributed by atoms with van der Waals surface area (Å²) in [6.07, 6.45) is -0.999. The van der Waals surface area contributed by atoms with Gasteiger partial charge >= 0.3 is 17.3 Å². The molecule has 0 fully saturated rings. The van der Waals surface area contributed by atoms with Crippen LogP contribution in [0, 0.1) is 0 Å². The van der Waals surface area contributed by atoms with Crippen LogP contribution in [-0.4, -0.2) is 28.4 Å². The molecule has 22 heavy (non-hydrogen) atoms. The van der Waals surface area contributed by atoms with Crippen LogP contribution in [0.5, 0.6) is 0 Å². The maximum Gasteiger partial charge on any atom is 0.508 e. The quantitative estimate of drug-likeness (QED) is 0.667. The van der Waals surface area contributed by atoms with Gasteiger partial charge in [0.2, 0.25) is 0 Å². The van der Waals surface area contributed by atoms with E-state index >= 15 is 0 Å². The molecule has 0 aliphatic carbocycles. The van der Waals surface area contributed by atoms with E-state index in [1.165, 1.54) is 4.57 Å². The Labute approximate surface area is 129 Å². The molecule has 2 aromatic rings. The minimum absolute atomic E-state index is 0.104. The van der Waals surface area contributed by atoms with E-state index in [9.17, 15) is 14.4 Å². The molecule has 0 amide bonds. The van der Waals surface area contributed by atoms with Crippen LogP contribution in [0.25, 0.3) is 11.0 Å². The van der Waals surface area contributed by atoms with Gasteiger partial charge in [0.1, 0.15) is 6.10 Å². The van der Waals surface area contributed by atoms with Crippen LogP contribution < -0.4 is 11.1 Å². The average Bonchev–Trinajstić information content (AvgIpc) is 2.43. The lowest BCUT2D eigenvalue weighted by Gasteiger charge is -2.25. The lowest BCUT2D eigenvalue weighted by atomic mass is 10.0. The second-order valence-corrected chi connectivity index (χ2v) is 5.39. The number of hydrogen-bond donors (Lipinski definition) is 1. The van der Waals surface area contributed by atoms with Gasteiger partial charge in [0.15, 0.2) is 0 Å². The van der Waals surface area contributed by atoms with Gasteiger partial charge in [0.05, 0.1) is 24.2 Å². The number of H-pyrrole nitrogens is 1. The van der Waals surface area contributed by atoms with Gasteiger partial charge in [0.25, 0.3) is 0 Å². The predicted molar refractivity (Wildman–Crippen MR) is 79.4 cm³/mol. The summed E-state index contributed by atoms with van der Waals surface area (Å²) in [5.74, 6) is 0. The summed E-state index contributed by atoms with van der Waals surface area (Å²) in [5, 5.41) is 0.431.